The second-order valence-corrected chi connectivity index (χ2v) is 8.97. The van der Waals surface area contributed by atoms with Gasteiger partial charge in [-0.15, -0.1) is 0 Å². The Morgan fingerprint density at radius 1 is 1.07 bits per heavy atom. The Bertz CT molecular complexity index is 1170. The molecule has 0 unspecified atom stereocenters. The van der Waals surface area contributed by atoms with Crippen molar-refractivity contribution in [3.05, 3.63) is 65.4 Å². The van der Waals surface area contributed by atoms with Crippen LogP contribution in [-0.4, -0.2) is 41.9 Å². The highest BCUT2D eigenvalue weighted by Gasteiger charge is 2.27. The Kier molecular flexibility index (Phi) is 5.19. The first kappa shape index (κ1) is 19.7. The maximum atomic E-state index is 13.2. The predicted molar refractivity (Wildman–Crippen MR) is 112 cm³/mol. The Balaban J connectivity index is 1.90. The largest absolute Gasteiger partial charge is 0.340 e. The van der Waals surface area contributed by atoms with Gasteiger partial charge >= 0.3 is 0 Å². The number of hydrogen-bond donors (Lipinski definition) is 1. The highest BCUT2D eigenvalue weighted by atomic mass is 32.2. The van der Waals surface area contributed by atoms with Crippen LogP contribution in [-0.2, 0) is 29.5 Å². The molecule has 0 fully saturated rings. The molecule has 1 aromatic heterocycles. The van der Waals surface area contributed by atoms with Crippen LogP contribution < -0.4 is 0 Å². The molecule has 6 nitrogen and oxygen atoms in total. The van der Waals surface area contributed by atoms with Crippen LogP contribution in [0.2, 0.25) is 0 Å². The summed E-state index contributed by atoms with van der Waals surface area (Å²) in [5, 5.41) is 0.729. The van der Waals surface area contributed by atoms with Crippen molar-refractivity contribution < 1.29 is 17.8 Å². The van der Waals surface area contributed by atoms with E-state index in [-0.39, 0.29) is 10.8 Å². The van der Waals surface area contributed by atoms with Gasteiger partial charge in [-0.3, -0.25) is 9.35 Å². The summed E-state index contributed by atoms with van der Waals surface area (Å²) < 4.78 is 34.9. The third-order valence-corrected chi connectivity index (χ3v) is 6.47. The first-order valence-corrected chi connectivity index (χ1v) is 11.2. The van der Waals surface area contributed by atoms with E-state index < -0.39 is 10.1 Å². The van der Waals surface area contributed by atoms with Crippen LogP contribution in [0.15, 0.2) is 53.4 Å². The van der Waals surface area contributed by atoms with Crippen molar-refractivity contribution in [2.75, 3.05) is 13.6 Å². The molecule has 7 heteroatoms. The Morgan fingerprint density at radius 2 is 1.83 bits per heavy atom. The third-order valence-electron chi connectivity index (χ3n) is 5.62. The van der Waals surface area contributed by atoms with Crippen LogP contribution >= 0.6 is 0 Å². The molecule has 29 heavy (non-hydrogen) atoms. The molecular formula is C22H24N2O4S. The second kappa shape index (κ2) is 7.65. The van der Waals surface area contributed by atoms with Crippen molar-refractivity contribution in [2.24, 2.45) is 0 Å². The molecule has 0 saturated carbocycles. The number of aromatic nitrogens is 1. The predicted octanol–water partition coefficient (Wildman–Crippen LogP) is 3.54. The summed E-state index contributed by atoms with van der Waals surface area (Å²) >= 11 is 0. The van der Waals surface area contributed by atoms with Gasteiger partial charge in [0.25, 0.3) is 16.0 Å². The number of amides is 1. The second-order valence-electron chi connectivity index (χ2n) is 7.55. The van der Waals surface area contributed by atoms with Gasteiger partial charge in [-0.1, -0.05) is 30.3 Å². The van der Waals surface area contributed by atoms with E-state index in [1.807, 2.05) is 22.8 Å². The van der Waals surface area contributed by atoms with E-state index in [0.29, 0.717) is 25.2 Å². The first-order chi connectivity index (χ1) is 13.9. The van der Waals surface area contributed by atoms with Crippen LogP contribution in [0.25, 0.3) is 10.9 Å². The number of fused-ring (bicyclic) bond motifs is 3. The molecule has 0 bridgehead atoms. The molecule has 0 radical (unpaired) electrons. The number of carbonyl (C=O) groups is 1. The van der Waals surface area contributed by atoms with Gasteiger partial charge in [0.2, 0.25) is 0 Å². The number of carbonyl (C=O) groups excluding carboxylic acids is 1. The standard InChI is InChI=1S/C22H24N2O4S/c1-23-13-6-5-9-18-19-15-17(29(26,27)28)10-11-20(19)24(21(18)22(23)25)14-12-16-7-3-2-4-8-16/h2-4,7-8,10-11,15H,5-6,9,12-14H2,1H3,(H,26,27,28). The van der Waals surface area contributed by atoms with Crippen LogP contribution in [0, 0.1) is 0 Å². The molecule has 2 aromatic carbocycles. The molecule has 2 heterocycles. The van der Waals surface area contributed by atoms with E-state index in [1.165, 1.54) is 17.7 Å². The highest BCUT2D eigenvalue weighted by molar-refractivity contribution is 7.85. The number of nitrogens with zero attached hydrogens (tertiary/aromatic N) is 2. The molecule has 1 N–H and O–H groups in total. The monoisotopic (exact) mass is 412 g/mol. The van der Waals surface area contributed by atoms with Gasteiger partial charge in [0.15, 0.2) is 0 Å². The summed E-state index contributed by atoms with van der Waals surface area (Å²) in [5.74, 6) is -0.0441. The molecule has 152 valence electrons. The quantitative estimate of drug-likeness (QED) is 0.665. The average Bonchev–Trinajstić information content (AvgIpc) is 3.00. The van der Waals surface area contributed by atoms with Crippen molar-refractivity contribution >= 4 is 26.9 Å². The number of aryl methyl sites for hydroxylation is 3. The molecule has 0 aliphatic carbocycles. The van der Waals surface area contributed by atoms with Crippen molar-refractivity contribution in [2.45, 2.75) is 37.1 Å². The normalized spacial score (nSPS) is 15.2. The smallest absolute Gasteiger partial charge is 0.294 e. The molecule has 1 amide bonds. The van der Waals surface area contributed by atoms with E-state index >= 15 is 0 Å². The van der Waals surface area contributed by atoms with Gasteiger partial charge in [-0.25, -0.2) is 0 Å². The van der Waals surface area contributed by atoms with E-state index in [4.69, 9.17) is 0 Å². The molecule has 0 saturated heterocycles. The zero-order valence-electron chi connectivity index (χ0n) is 16.3. The van der Waals surface area contributed by atoms with Gasteiger partial charge in [-0.2, -0.15) is 8.42 Å². The van der Waals surface area contributed by atoms with Gasteiger partial charge < -0.3 is 9.47 Å². The van der Waals surface area contributed by atoms with Crippen molar-refractivity contribution in [1.29, 1.82) is 0 Å². The number of hydrogen-bond acceptors (Lipinski definition) is 3. The van der Waals surface area contributed by atoms with Gasteiger partial charge in [0.1, 0.15) is 5.69 Å². The molecule has 1 aliphatic heterocycles. The number of rotatable bonds is 4. The molecule has 3 aromatic rings. The minimum Gasteiger partial charge on any atom is -0.340 e. The lowest BCUT2D eigenvalue weighted by Crippen LogP contribution is -2.32. The SMILES string of the molecule is CN1CCCCc2c(n(CCc3ccccc3)c3ccc(S(=O)(=O)O)cc23)C1=O. The molecule has 4 rings (SSSR count). The van der Waals surface area contributed by atoms with Gasteiger partial charge in [0.05, 0.1) is 4.90 Å². The van der Waals surface area contributed by atoms with E-state index in [1.54, 1.807) is 18.0 Å². The van der Waals surface area contributed by atoms with E-state index in [0.717, 1.165) is 35.7 Å². The molecule has 0 spiro atoms. The minimum absolute atomic E-state index is 0.0441. The zero-order chi connectivity index (χ0) is 20.6. The lowest BCUT2D eigenvalue weighted by molar-refractivity contribution is 0.0777. The van der Waals surface area contributed by atoms with Crippen LogP contribution in [0.5, 0.6) is 0 Å². The lowest BCUT2D eigenvalue weighted by Gasteiger charge is -2.22. The van der Waals surface area contributed by atoms with Crippen LogP contribution in [0.1, 0.15) is 34.5 Å². The average molecular weight is 413 g/mol. The molecule has 1 aliphatic rings. The molecular weight excluding hydrogens is 388 g/mol. The van der Waals surface area contributed by atoms with Crippen molar-refractivity contribution in [1.82, 2.24) is 9.47 Å². The van der Waals surface area contributed by atoms with Gasteiger partial charge in [0, 0.05) is 31.0 Å². The first-order valence-electron chi connectivity index (χ1n) is 9.78. The fourth-order valence-electron chi connectivity index (χ4n) is 4.11. The van der Waals surface area contributed by atoms with Crippen molar-refractivity contribution in [3.8, 4) is 0 Å². The maximum Gasteiger partial charge on any atom is 0.294 e. The summed E-state index contributed by atoms with van der Waals surface area (Å²) in [6.45, 7) is 1.31. The topological polar surface area (TPSA) is 79.6 Å². The zero-order valence-corrected chi connectivity index (χ0v) is 17.2. The Hall–Kier alpha value is -2.64. The van der Waals surface area contributed by atoms with Gasteiger partial charge in [-0.05, 0) is 55.0 Å². The fourth-order valence-corrected chi connectivity index (χ4v) is 4.62. The minimum atomic E-state index is -4.31. The summed E-state index contributed by atoms with van der Waals surface area (Å²) in [4.78, 5) is 14.8. The van der Waals surface area contributed by atoms with E-state index in [2.05, 4.69) is 12.1 Å². The third kappa shape index (κ3) is 3.80. The summed E-state index contributed by atoms with van der Waals surface area (Å²) in [7, 11) is -2.51. The van der Waals surface area contributed by atoms with Crippen molar-refractivity contribution in [3.63, 3.8) is 0 Å². The summed E-state index contributed by atoms with van der Waals surface area (Å²) in [6.07, 6.45) is 3.28. The fraction of sp³-hybridized carbons (Fsp3) is 0.318. The summed E-state index contributed by atoms with van der Waals surface area (Å²) in [5.41, 5.74) is 3.49. The number of benzene rings is 2. The highest BCUT2D eigenvalue weighted by Crippen LogP contribution is 2.32. The van der Waals surface area contributed by atoms with Crippen LogP contribution in [0.4, 0.5) is 0 Å². The summed E-state index contributed by atoms with van der Waals surface area (Å²) in [6, 6.07) is 14.7. The van der Waals surface area contributed by atoms with Crippen LogP contribution in [0.3, 0.4) is 0 Å². The maximum absolute atomic E-state index is 13.2. The molecule has 0 atom stereocenters. The van der Waals surface area contributed by atoms with E-state index in [9.17, 15) is 17.8 Å². The lowest BCUT2D eigenvalue weighted by atomic mass is 10.0. The Morgan fingerprint density at radius 3 is 2.55 bits per heavy atom. The Labute approximate surface area is 170 Å².